The van der Waals surface area contributed by atoms with E-state index < -0.39 is 0 Å². The van der Waals surface area contributed by atoms with Crippen molar-refractivity contribution >= 4 is 0 Å². The third kappa shape index (κ3) is 2.91. The lowest BCUT2D eigenvalue weighted by molar-refractivity contribution is 0.251. The summed E-state index contributed by atoms with van der Waals surface area (Å²) in [6.07, 6.45) is 4.97. The molecule has 1 aromatic heterocycles. The van der Waals surface area contributed by atoms with Crippen LogP contribution in [0.1, 0.15) is 70.0 Å². The van der Waals surface area contributed by atoms with Crippen LogP contribution in [0.3, 0.4) is 0 Å². The highest BCUT2D eigenvalue weighted by molar-refractivity contribution is 5.00. The van der Waals surface area contributed by atoms with Gasteiger partial charge in [0.15, 0.2) is 5.82 Å². The van der Waals surface area contributed by atoms with Gasteiger partial charge in [0.1, 0.15) is 0 Å². The van der Waals surface area contributed by atoms with Crippen molar-refractivity contribution in [2.75, 3.05) is 6.54 Å². The summed E-state index contributed by atoms with van der Waals surface area (Å²) in [5, 5.41) is 4.14. The molecule has 0 saturated heterocycles. The number of nitrogens with zero attached hydrogens (tertiary/aromatic N) is 2. The second-order valence-corrected chi connectivity index (χ2v) is 5.98. The summed E-state index contributed by atoms with van der Waals surface area (Å²) in [4.78, 5) is 4.52. The zero-order valence-corrected chi connectivity index (χ0v) is 11.7. The third-order valence-electron chi connectivity index (χ3n) is 4.31. The Kier molecular flexibility index (Phi) is 4.38. The maximum atomic E-state index is 5.62. The molecule has 0 radical (unpaired) electrons. The van der Waals surface area contributed by atoms with Gasteiger partial charge >= 0.3 is 0 Å². The van der Waals surface area contributed by atoms with Gasteiger partial charge in [0.05, 0.1) is 0 Å². The van der Waals surface area contributed by atoms with Crippen molar-refractivity contribution in [2.45, 2.75) is 58.3 Å². The molecule has 1 fully saturated rings. The molecular weight excluding hydrogens is 226 g/mol. The van der Waals surface area contributed by atoms with Crippen LogP contribution < -0.4 is 5.73 Å². The molecule has 1 heterocycles. The van der Waals surface area contributed by atoms with Crippen LogP contribution in [0.2, 0.25) is 0 Å². The zero-order valence-electron chi connectivity index (χ0n) is 11.7. The van der Waals surface area contributed by atoms with Crippen molar-refractivity contribution in [1.82, 2.24) is 10.1 Å². The van der Waals surface area contributed by atoms with E-state index in [4.69, 9.17) is 10.3 Å². The van der Waals surface area contributed by atoms with E-state index in [-0.39, 0.29) is 5.92 Å². The second kappa shape index (κ2) is 5.83. The molecule has 1 saturated carbocycles. The minimum absolute atomic E-state index is 0.165. The Bertz CT molecular complexity index is 367. The van der Waals surface area contributed by atoms with Gasteiger partial charge < -0.3 is 10.3 Å². The lowest BCUT2D eigenvalue weighted by Gasteiger charge is -2.29. The number of aromatic nitrogens is 2. The molecule has 102 valence electrons. The van der Waals surface area contributed by atoms with Crippen LogP contribution in [0.25, 0.3) is 0 Å². The van der Waals surface area contributed by atoms with E-state index in [9.17, 15) is 0 Å². The Hall–Kier alpha value is -0.900. The normalized spacial score (nSPS) is 26.5. The maximum absolute atomic E-state index is 5.62. The van der Waals surface area contributed by atoms with Crippen LogP contribution in [0.4, 0.5) is 0 Å². The van der Waals surface area contributed by atoms with Gasteiger partial charge in [0, 0.05) is 18.4 Å². The summed E-state index contributed by atoms with van der Waals surface area (Å²) in [5.74, 6) is 3.91. The average Bonchev–Trinajstić information content (AvgIpc) is 2.87. The predicted molar refractivity (Wildman–Crippen MR) is 71.3 cm³/mol. The molecule has 0 spiro atoms. The fourth-order valence-electron chi connectivity index (χ4n) is 2.76. The van der Waals surface area contributed by atoms with E-state index in [0.717, 1.165) is 17.7 Å². The quantitative estimate of drug-likeness (QED) is 0.893. The van der Waals surface area contributed by atoms with Gasteiger partial charge in [0.25, 0.3) is 0 Å². The molecule has 0 amide bonds. The van der Waals surface area contributed by atoms with Gasteiger partial charge in [-0.15, -0.1) is 0 Å². The van der Waals surface area contributed by atoms with Crippen LogP contribution in [-0.4, -0.2) is 16.7 Å². The first-order chi connectivity index (χ1) is 8.61. The first kappa shape index (κ1) is 13.5. The summed E-state index contributed by atoms with van der Waals surface area (Å²) in [6, 6.07) is 0. The molecule has 1 aliphatic rings. The number of nitrogens with two attached hydrogens (primary N) is 1. The van der Waals surface area contributed by atoms with Crippen LogP contribution in [-0.2, 0) is 0 Å². The molecule has 4 heteroatoms. The molecule has 0 aliphatic heterocycles. The third-order valence-corrected chi connectivity index (χ3v) is 4.31. The first-order valence-corrected chi connectivity index (χ1v) is 7.15. The van der Waals surface area contributed by atoms with Gasteiger partial charge in [-0.2, -0.15) is 4.98 Å². The summed E-state index contributed by atoms with van der Waals surface area (Å²) >= 11 is 0. The van der Waals surface area contributed by atoms with Crippen molar-refractivity contribution in [2.24, 2.45) is 17.6 Å². The molecule has 2 N–H and O–H groups in total. The molecule has 0 bridgehead atoms. The predicted octanol–water partition coefficient (Wildman–Crippen LogP) is 3.06. The van der Waals surface area contributed by atoms with Crippen molar-refractivity contribution < 1.29 is 4.52 Å². The molecular formula is C14H25N3O. The Morgan fingerprint density at radius 3 is 2.44 bits per heavy atom. The Morgan fingerprint density at radius 1 is 1.22 bits per heavy atom. The average molecular weight is 251 g/mol. The summed E-state index contributed by atoms with van der Waals surface area (Å²) < 4.78 is 5.30. The van der Waals surface area contributed by atoms with Crippen LogP contribution >= 0.6 is 0 Å². The topological polar surface area (TPSA) is 64.9 Å². The largest absolute Gasteiger partial charge is 0.339 e. The molecule has 2 rings (SSSR count). The number of hydrogen-bond donors (Lipinski definition) is 1. The summed E-state index contributed by atoms with van der Waals surface area (Å²) in [5.41, 5.74) is 5.62. The molecule has 1 atom stereocenters. The van der Waals surface area contributed by atoms with E-state index >= 15 is 0 Å². The van der Waals surface area contributed by atoms with Crippen LogP contribution in [0.5, 0.6) is 0 Å². The fraction of sp³-hybridized carbons (Fsp3) is 0.857. The van der Waals surface area contributed by atoms with Crippen LogP contribution in [0, 0.1) is 11.8 Å². The molecule has 18 heavy (non-hydrogen) atoms. The Morgan fingerprint density at radius 2 is 1.89 bits per heavy atom. The highest BCUT2D eigenvalue weighted by Crippen LogP contribution is 2.37. The summed E-state index contributed by atoms with van der Waals surface area (Å²) in [6.45, 7) is 7.22. The van der Waals surface area contributed by atoms with Crippen molar-refractivity contribution in [3.63, 3.8) is 0 Å². The second-order valence-electron chi connectivity index (χ2n) is 5.98. The van der Waals surface area contributed by atoms with E-state index in [1.165, 1.54) is 25.7 Å². The highest BCUT2D eigenvalue weighted by atomic mass is 16.5. The smallest absolute Gasteiger partial charge is 0.230 e. The van der Waals surface area contributed by atoms with Crippen LogP contribution in [0.15, 0.2) is 4.52 Å². The van der Waals surface area contributed by atoms with Gasteiger partial charge in [-0.05, 0) is 37.5 Å². The molecule has 1 aliphatic carbocycles. The van der Waals surface area contributed by atoms with E-state index in [1.54, 1.807) is 0 Å². The van der Waals surface area contributed by atoms with Gasteiger partial charge in [-0.25, -0.2) is 0 Å². The van der Waals surface area contributed by atoms with Gasteiger partial charge in [-0.1, -0.05) is 25.9 Å². The monoisotopic (exact) mass is 251 g/mol. The SMILES string of the molecule is CC(CN)c1nc(C2CCC(C(C)C)CC2)no1. The standard InChI is InChI=1S/C14H25N3O/c1-9(2)11-4-6-12(7-5-11)13-16-14(18-17-13)10(3)8-15/h9-12H,4-8,15H2,1-3H3. The zero-order chi connectivity index (χ0) is 13.1. The van der Waals surface area contributed by atoms with Gasteiger partial charge in [-0.3, -0.25) is 0 Å². The van der Waals surface area contributed by atoms with Crippen molar-refractivity contribution in [1.29, 1.82) is 0 Å². The first-order valence-electron chi connectivity index (χ1n) is 7.15. The number of rotatable bonds is 4. The minimum Gasteiger partial charge on any atom is -0.339 e. The van der Waals surface area contributed by atoms with E-state index in [0.29, 0.717) is 18.4 Å². The van der Waals surface area contributed by atoms with Crippen molar-refractivity contribution in [3.05, 3.63) is 11.7 Å². The molecule has 4 nitrogen and oxygen atoms in total. The highest BCUT2D eigenvalue weighted by Gasteiger charge is 2.27. The fourth-order valence-corrected chi connectivity index (χ4v) is 2.76. The molecule has 0 aromatic carbocycles. The lowest BCUT2D eigenvalue weighted by Crippen LogP contribution is -2.18. The maximum Gasteiger partial charge on any atom is 0.230 e. The molecule has 1 aromatic rings. The number of hydrogen-bond acceptors (Lipinski definition) is 4. The Balaban J connectivity index is 1.95. The lowest BCUT2D eigenvalue weighted by atomic mass is 9.77. The Labute approximate surface area is 109 Å². The molecule has 1 unspecified atom stereocenters. The summed E-state index contributed by atoms with van der Waals surface area (Å²) in [7, 11) is 0. The van der Waals surface area contributed by atoms with E-state index in [2.05, 4.69) is 24.0 Å². The minimum atomic E-state index is 0.165. The van der Waals surface area contributed by atoms with Gasteiger partial charge in [0.2, 0.25) is 5.89 Å². The van der Waals surface area contributed by atoms with E-state index in [1.807, 2.05) is 6.92 Å². The van der Waals surface area contributed by atoms with Crippen molar-refractivity contribution in [3.8, 4) is 0 Å².